The predicted molar refractivity (Wildman–Crippen MR) is 64.8 cm³/mol. The molecule has 0 bridgehead atoms. The van der Waals surface area contributed by atoms with Crippen molar-refractivity contribution >= 4 is 11.6 Å². The molecule has 1 unspecified atom stereocenters. The van der Waals surface area contributed by atoms with Gasteiger partial charge in [0.1, 0.15) is 5.82 Å². The Hall–Kier alpha value is -0.610. The largest absolute Gasteiger partial charge is 0.377 e. The molecule has 0 saturated carbocycles. The summed E-state index contributed by atoms with van der Waals surface area (Å²) < 4.78 is 7.42. The summed E-state index contributed by atoms with van der Waals surface area (Å²) in [6, 6.07) is 0. The van der Waals surface area contributed by atoms with Crippen molar-refractivity contribution in [2.45, 2.75) is 52.7 Å². The molecular formula is C11H20ClN3O. The lowest BCUT2D eigenvalue weighted by molar-refractivity contribution is 0.0629. The van der Waals surface area contributed by atoms with Gasteiger partial charge in [0.25, 0.3) is 0 Å². The number of nitrogens with zero attached hydrogens (tertiary/aromatic N) is 3. The van der Waals surface area contributed by atoms with Crippen molar-refractivity contribution in [1.82, 2.24) is 14.8 Å². The van der Waals surface area contributed by atoms with Crippen LogP contribution in [0.25, 0.3) is 0 Å². The summed E-state index contributed by atoms with van der Waals surface area (Å²) in [4.78, 5) is 0. The van der Waals surface area contributed by atoms with E-state index >= 15 is 0 Å². The van der Waals surface area contributed by atoms with Gasteiger partial charge < -0.3 is 4.74 Å². The van der Waals surface area contributed by atoms with Gasteiger partial charge in [-0.1, -0.05) is 20.8 Å². The molecule has 0 spiro atoms. The average molecular weight is 246 g/mol. The second-order valence-corrected chi connectivity index (χ2v) is 5.26. The Morgan fingerprint density at radius 3 is 2.50 bits per heavy atom. The topological polar surface area (TPSA) is 39.9 Å². The summed E-state index contributed by atoms with van der Waals surface area (Å²) in [6.45, 7) is 11.7. The average Bonchev–Trinajstić information content (AvgIpc) is 2.47. The summed E-state index contributed by atoms with van der Waals surface area (Å²) in [7, 11) is 0. The summed E-state index contributed by atoms with van der Waals surface area (Å²) in [5, 5.41) is 8.47. The van der Waals surface area contributed by atoms with E-state index in [1.807, 2.05) is 18.4 Å². The summed E-state index contributed by atoms with van der Waals surface area (Å²) in [6.07, 6.45) is 0.111. The summed E-state index contributed by atoms with van der Waals surface area (Å²) >= 11 is 6.03. The molecule has 0 aliphatic carbocycles. The predicted octanol–water partition coefficient (Wildman–Crippen LogP) is 2.65. The van der Waals surface area contributed by atoms with Gasteiger partial charge in [0.15, 0.2) is 0 Å². The maximum atomic E-state index is 6.03. The maximum absolute atomic E-state index is 6.03. The highest BCUT2D eigenvalue weighted by atomic mass is 35.5. The van der Waals surface area contributed by atoms with Crippen LogP contribution in [-0.2, 0) is 16.7 Å². The van der Waals surface area contributed by atoms with Crippen molar-refractivity contribution in [3.63, 3.8) is 0 Å². The fraction of sp³-hybridized carbons (Fsp3) is 0.818. The Balaban J connectivity index is 2.90. The van der Waals surface area contributed by atoms with Gasteiger partial charge in [-0.15, -0.1) is 10.2 Å². The van der Waals surface area contributed by atoms with E-state index in [1.165, 1.54) is 0 Å². The first-order valence-electron chi connectivity index (χ1n) is 5.57. The molecule has 0 N–H and O–H groups in total. The smallest absolute Gasteiger partial charge is 0.225 e. The van der Waals surface area contributed by atoms with Crippen LogP contribution in [0.2, 0.25) is 5.28 Å². The minimum Gasteiger partial charge on any atom is -0.377 e. The third kappa shape index (κ3) is 3.19. The number of halogens is 1. The lowest BCUT2D eigenvalue weighted by atomic mass is 9.95. The zero-order chi connectivity index (χ0) is 12.3. The SMILES string of the molecule is CCOC(C)Cn1c(Cl)nnc1C(C)(C)C. The second kappa shape index (κ2) is 5.15. The molecule has 1 heterocycles. The fourth-order valence-electron chi connectivity index (χ4n) is 1.59. The van der Waals surface area contributed by atoms with Crippen LogP contribution in [0.15, 0.2) is 0 Å². The van der Waals surface area contributed by atoms with Crippen molar-refractivity contribution < 1.29 is 4.74 Å². The number of hydrogen-bond acceptors (Lipinski definition) is 3. The van der Waals surface area contributed by atoms with Crippen LogP contribution in [0.3, 0.4) is 0 Å². The Morgan fingerprint density at radius 1 is 1.38 bits per heavy atom. The molecule has 1 atom stereocenters. The van der Waals surface area contributed by atoms with E-state index in [-0.39, 0.29) is 11.5 Å². The molecule has 1 aromatic rings. The van der Waals surface area contributed by atoms with E-state index in [0.717, 1.165) is 5.82 Å². The molecule has 0 aliphatic rings. The minimum atomic E-state index is -0.0634. The summed E-state index contributed by atoms with van der Waals surface area (Å²) in [5.74, 6) is 0.893. The van der Waals surface area contributed by atoms with Gasteiger partial charge in [-0.2, -0.15) is 0 Å². The molecule has 5 heteroatoms. The van der Waals surface area contributed by atoms with Gasteiger partial charge in [0.05, 0.1) is 12.6 Å². The van der Waals surface area contributed by atoms with Gasteiger partial charge in [-0.25, -0.2) is 0 Å². The quantitative estimate of drug-likeness (QED) is 0.819. The number of hydrogen-bond donors (Lipinski definition) is 0. The molecule has 0 aromatic carbocycles. The van der Waals surface area contributed by atoms with Gasteiger partial charge in [0, 0.05) is 12.0 Å². The van der Waals surface area contributed by atoms with E-state index in [1.54, 1.807) is 0 Å². The Labute approximate surface area is 102 Å². The first-order chi connectivity index (χ1) is 7.36. The summed E-state index contributed by atoms with van der Waals surface area (Å²) in [5.41, 5.74) is -0.0634. The fourth-order valence-corrected chi connectivity index (χ4v) is 1.78. The van der Waals surface area contributed by atoms with Gasteiger partial charge in [0.2, 0.25) is 5.28 Å². The molecule has 0 radical (unpaired) electrons. The molecule has 1 rings (SSSR count). The van der Waals surface area contributed by atoms with Crippen molar-refractivity contribution in [3.05, 3.63) is 11.1 Å². The highest BCUT2D eigenvalue weighted by Crippen LogP contribution is 2.23. The van der Waals surface area contributed by atoms with E-state index in [2.05, 4.69) is 31.0 Å². The highest BCUT2D eigenvalue weighted by Gasteiger charge is 2.24. The minimum absolute atomic E-state index is 0.0634. The van der Waals surface area contributed by atoms with Gasteiger partial charge in [-0.3, -0.25) is 4.57 Å². The van der Waals surface area contributed by atoms with Crippen LogP contribution >= 0.6 is 11.6 Å². The zero-order valence-corrected chi connectivity index (χ0v) is 11.4. The number of ether oxygens (including phenoxy) is 1. The van der Waals surface area contributed by atoms with Crippen LogP contribution in [0, 0.1) is 0 Å². The molecule has 16 heavy (non-hydrogen) atoms. The van der Waals surface area contributed by atoms with Crippen LogP contribution in [0.5, 0.6) is 0 Å². The highest BCUT2D eigenvalue weighted by molar-refractivity contribution is 6.28. The standard InChI is InChI=1S/C11H20ClN3O/c1-6-16-8(2)7-15-9(11(3,4)5)13-14-10(15)12/h8H,6-7H2,1-5H3. The molecule has 0 fully saturated rings. The van der Waals surface area contributed by atoms with Crippen molar-refractivity contribution in [2.75, 3.05) is 6.61 Å². The van der Waals surface area contributed by atoms with Crippen LogP contribution in [0.4, 0.5) is 0 Å². The van der Waals surface area contributed by atoms with Crippen LogP contribution < -0.4 is 0 Å². The van der Waals surface area contributed by atoms with Crippen molar-refractivity contribution in [2.24, 2.45) is 0 Å². The van der Waals surface area contributed by atoms with E-state index < -0.39 is 0 Å². The Kier molecular flexibility index (Phi) is 4.33. The lowest BCUT2D eigenvalue weighted by Gasteiger charge is -2.21. The van der Waals surface area contributed by atoms with Crippen molar-refractivity contribution in [3.8, 4) is 0 Å². The maximum Gasteiger partial charge on any atom is 0.225 e. The normalized spacial score (nSPS) is 14.1. The van der Waals surface area contributed by atoms with E-state index in [9.17, 15) is 0 Å². The number of aromatic nitrogens is 3. The van der Waals surface area contributed by atoms with Gasteiger partial charge in [-0.05, 0) is 25.4 Å². The molecule has 4 nitrogen and oxygen atoms in total. The van der Waals surface area contributed by atoms with Crippen molar-refractivity contribution in [1.29, 1.82) is 0 Å². The third-order valence-corrected chi connectivity index (χ3v) is 2.55. The molecule has 92 valence electrons. The molecule has 1 aromatic heterocycles. The number of rotatable bonds is 4. The Bertz CT molecular complexity index is 343. The van der Waals surface area contributed by atoms with Crippen LogP contribution in [-0.4, -0.2) is 27.5 Å². The zero-order valence-electron chi connectivity index (χ0n) is 10.6. The lowest BCUT2D eigenvalue weighted by Crippen LogP contribution is -2.24. The van der Waals surface area contributed by atoms with Gasteiger partial charge >= 0.3 is 0 Å². The molecular weight excluding hydrogens is 226 g/mol. The first-order valence-corrected chi connectivity index (χ1v) is 5.94. The molecule has 0 amide bonds. The van der Waals surface area contributed by atoms with Crippen LogP contribution in [0.1, 0.15) is 40.4 Å². The monoisotopic (exact) mass is 245 g/mol. The van der Waals surface area contributed by atoms with E-state index in [4.69, 9.17) is 16.3 Å². The Morgan fingerprint density at radius 2 is 2.00 bits per heavy atom. The third-order valence-electron chi connectivity index (χ3n) is 2.27. The molecule has 0 aliphatic heterocycles. The van der Waals surface area contributed by atoms with E-state index in [0.29, 0.717) is 18.4 Å². The second-order valence-electron chi connectivity index (χ2n) is 4.92. The molecule has 0 saturated heterocycles. The first kappa shape index (κ1) is 13.5.